The number of hydrogen-bond acceptors (Lipinski definition) is 5. The molecule has 0 spiro atoms. The Hall–Kier alpha value is -2.39. The number of amides is 2. The molecule has 9 heteroatoms. The Morgan fingerprint density at radius 2 is 1.71 bits per heavy atom. The van der Waals surface area contributed by atoms with Crippen molar-refractivity contribution >= 4 is 21.7 Å². The lowest BCUT2D eigenvalue weighted by Gasteiger charge is -2.30. The van der Waals surface area contributed by atoms with Crippen molar-refractivity contribution in [3.8, 4) is 0 Å². The Bertz CT molecular complexity index is 1100. The van der Waals surface area contributed by atoms with Gasteiger partial charge in [-0.05, 0) is 87.2 Å². The number of sulfonamides is 1. The second-order valence-electron chi connectivity index (χ2n) is 8.71. The Morgan fingerprint density at radius 1 is 1.03 bits per heavy atom. The lowest BCUT2D eigenvalue weighted by molar-refractivity contribution is 0.167. The number of nitrogens with one attached hydrogen (secondary N) is 2. The predicted octanol–water partition coefficient (Wildman–Crippen LogP) is 2.60. The lowest BCUT2D eigenvalue weighted by atomic mass is 9.99. The summed E-state index contributed by atoms with van der Waals surface area (Å²) in [7, 11) is -4.06. The molecule has 0 radical (unpaired) electrons. The molecule has 2 amide bonds. The second-order valence-corrected chi connectivity index (χ2v) is 10.3. The van der Waals surface area contributed by atoms with Crippen LogP contribution in [0.25, 0.3) is 0 Å². The first-order valence-electron chi connectivity index (χ1n) is 11.2. The van der Waals surface area contributed by atoms with E-state index in [-0.39, 0.29) is 5.03 Å². The monoisotopic (exact) mass is 443 g/mol. The molecule has 5 rings (SSSR count). The number of anilines is 1. The predicted molar refractivity (Wildman–Crippen MR) is 118 cm³/mol. The summed E-state index contributed by atoms with van der Waals surface area (Å²) in [5.74, 6) is 0. The van der Waals surface area contributed by atoms with E-state index in [1.54, 1.807) is 10.7 Å². The molecular formula is C22H29N5O3S. The number of benzene rings is 1. The Balaban J connectivity index is 1.35. The highest BCUT2D eigenvalue weighted by Gasteiger charge is 2.28. The van der Waals surface area contributed by atoms with E-state index in [9.17, 15) is 13.2 Å². The van der Waals surface area contributed by atoms with Crippen LogP contribution in [0.4, 0.5) is 10.5 Å². The molecule has 8 nitrogen and oxygen atoms in total. The summed E-state index contributed by atoms with van der Waals surface area (Å²) in [4.78, 5) is 15.0. The Labute approximate surface area is 183 Å². The lowest BCUT2D eigenvalue weighted by Crippen LogP contribution is -2.36. The molecule has 0 unspecified atom stereocenters. The van der Waals surface area contributed by atoms with Gasteiger partial charge in [-0.25, -0.2) is 9.52 Å². The first-order chi connectivity index (χ1) is 14.9. The normalized spacial score (nSPS) is 17.8. The van der Waals surface area contributed by atoms with Gasteiger partial charge in [-0.15, -0.1) is 0 Å². The van der Waals surface area contributed by atoms with Gasteiger partial charge in [0.25, 0.3) is 10.0 Å². The quantitative estimate of drug-likeness (QED) is 0.715. The molecule has 2 aromatic rings. The number of nitrogens with zero attached hydrogens (tertiary/aromatic N) is 3. The van der Waals surface area contributed by atoms with Crippen molar-refractivity contribution in [2.24, 2.45) is 0 Å². The van der Waals surface area contributed by atoms with Gasteiger partial charge in [-0.1, -0.05) is 6.07 Å². The topological polar surface area (TPSA) is 96.3 Å². The van der Waals surface area contributed by atoms with Crippen molar-refractivity contribution in [1.82, 2.24) is 19.4 Å². The molecule has 1 aromatic carbocycles. The van der Waals surface area contributed by atoms with Crippen LogP contribution in [-0.4, -0.2) is 42.2 Å². The summed E-state index contributed by atoms with van der Waals surface area (Å²) in [6.45, 7) is 5.21. The van der Waals surface area contributed by atoms with Crippen LogP contribution in [0.1, 0.15) is 54.1 Å². The van der Waals surface area contributed by atoms with Crippen LogP contribution in [-0.2, 0) is 48.8 Å². The fourth-order valence-electron chi connectivity index (χ4n) is 5.01. The highest BCUT2D eigenvalue weighted by atomic mass is 32.2. The summed E-state index contributed by atoms with van der Waals surface area (Å²) in [6, 6.07) is 3.14. The number of aromatic nitrogens is 2. The largest absolute Gasteiger partial charge is 0.333 e. The van der Waals surface area contributed by atoms with Gasteiger partial charge in [0.05, 0.1) is 5.69 Å². The number of hydrogen-bond donors (Lipinski definition) is 2. The van der Waals surface area contributed by atoms with E-state index in [2.05, 4.69) is 26.1 Å². The van der Waals surface area contributed by atoms with Crippen molar-refractivity contribution in [2.45, 2.75) is 70.0 Å². The third-order valence-corrected chi connectivity index (χ3v) is 7.89. The van der Waals surface area contributed by atoms with Crippen LogP contribution in [0.3, 0.4) is 0 Å². The molecule has 1 saturated heterocycles. The van der Waals surface area contributed by atoms with Crippen molar-refractivity contribution in [1.29, 1.82) is 0 Å². The molecule has 3 aliphatic rings. The maximum Gasteiger partial charge on any atom is 0.333 e. The van der Waals surface area contributed by atoms with E-state index in [1.165, 1.54) is 28.7 Å². The highest BCUT2D eigenvalue weighted by Crippen LogP contribution is 2.38. The average Bonchev–Trinajstić information content (AvgIpc) is 3.42. The van der Waals surface area contributed by atoms with E-state index >= 15 is 0 Å². The van der Waals surface area contributed by atoms with Gasteiger partial charge < -0.3 is 5.32 Å². The molecular weight excluding hydrogens is 414 g/mol. The third-order valence-electron chi connectivity index (χ3n) is 6.69. The minimum atomic E-state index is -4.06. The number of likely N-dealkylation sites (tertiary alicyclic amines) is 1. The first-order valence-corrected chi connectivity index (χ1v) is 12.7. The highest BCUT2D eigenvalue weighted by molar-refractivity contribution is 7.90. The third kappa shape index (κ3) is 3.85. The molecule has 2 N–H and O–H groups in total. The fourth-order valence-corrected chi connectivity index (χ4v) is 5.91. The number of urea groups is 1. The van der Waals surface area contributed by atoms with E-state index in [0.717, 1.165) is 63.0 Å². The van der Waals surface area contributed by atoms with Gasteiger partial charge in [0.15, 0.2) is 5.03 Å². The molecule has 1 aromatic heterocycles. The van der Waals surface area contributed by atoms with E-state index < -0.39 is 16.1 Å². The van der Waals surface area contributed by atoms with Crippen LogP contribution in [0.2, 0.25) is 0 Å². The average molecular weight is 444 g/mol. The van der Waals surface area contributed by atoms with Gasteiger partial charge in [0.2, 0.25) is 0 Å². The van der Waals surface area contributed by atoms with Gasteiger partial charge in [0, 0.05) is 24.8 Å². The maximum atomic E-state index is 12.9. The Kier molecular flexibility index (Phi) is 5.26. The van der Waals surface area contributed by atoms with Crippen LogP contribution in [0.5, 0.6) is 0 Å². The summed E-state index contributed by atoms with van der Waals surface area (Å²) >= 11 is 0. The number of fused-ring (bicyclic) bond motifs is 2. The molecule has 1 aliphatic heterocycles. The molecule has 0 atom stereocenters. The van der Waals surface area contributed by atoms with E-state index in [0.29, 0.717) is 13.1 Å². The number of carbonyl (C=O) groups excluding carboxylic acids is 1. The van der Waals surface area contributed by atoms with Crippen LogP contribution < -0.4 is 10.0 Å². The molecule has 2 heterocycles. The molecule has 0 saturated carbocycles. The van der Waals surface area contributed by atoms with Gasteiger partial charge >= 0.3 is 6.03 Å². The zero-order valence-electron chi connectivity index (χ0n) is 17.9. The number of carbonyl (C=O) groups is 1. The zero-order valence-corrected chi connectivity index (χ0v) is 18.7. The van der Waals surface area contributed by atoms with Crippen molar-refractivity contribution in [2.75, 3.05) is 18.4 Å². The maximum absolute atomic E-state index is 12.9. The van der Waals surface area contributed by atoms with Crippen molar-refractivity contribution < 1.29 is 13.2 Å². The van der Waals surface area contributed by atoms with Crippen LogP contribution in [0, 0.1) is 0 Å². The minimum Gasteiger partial charge on any atom is -0.307 e. The summed E-state index contributed by atoms with van der Waals surface area (Å²) in [6.07, 6.45) is 7.19. The van der Waals surface area contributed by atoms with E-state index in [1.807, 2.05) is 6.92 Å². The van der Waals surface area contributed by atoms with Gasteiger partial charge in [0.1, 0.15) is 0 Å². The summed E-state index contributed by atoms with van der Waals surface area (Å²) in [5.41, 5.74) is 6.59. The first kappa shape index (κ1) is 20.5. The standard InChI is InChI=1S/C22H29N5O3S/c1-2-27-17(14-26-10-5-11-26)13-20(24-27)31(29,30)25-22(28)23-21-18-8-3-6-15(18)12-16-7-4-9-19(16)21/h12-13H,2-11,14H2,1H3,(H2,23,25,28). The second kappa shape index (κ2) is 7.94. The summed E-state index contributed by atoms with van der Waals surface area (Å²) < 4.78 is 29.7. The fraction of sp³-hybridized carbons (Fsp3) is 0.545. The zero-order chi connectivity index (χ0) is 21.6. The van der Waals surface area contributed by atoms with Crippen molar-refractivity contribution in [3.63, 3.8) is 0 Å². The molecule has 31 heavy (non-hydrogen) atoms. The molecule has 0 bridgehead atoms. The smallest absolute Gasteiger partial charge is 0.307 e. The molecule has 1 fully saturated rings. The minimum absolute atomic E-state index is 0.108. The van der Waals surface area contributed by atoms with Gasteiger partial charge in [-0.2, -0.15) is 13.5 Å². The number of aryl methyl sites for hydroxylation is 3. The molecule has 2 aliphatic carbocycles. The van der Waals surface area contributed by atoms with E-state index in [4.69, 9.17) is 0 Å². The Morgan fingerprint density at radius 3 is 2.29 bits per heavy atom. The summed E-state index contributed by atoms with van der Waals surface area (Å²) in [5, 5.41) is 7.02. The van der Waals surface area contributed by atoms with Gasteiger partial charge in [-0.3, -0.25) is 9.58 Å². The SMILES string of the molecule is CCn1nc(S(=O)(=O)NC(=O)Nc2c3c(cc4c2CCC4)CCC3)cc1CN1CCC1. The number of rotatable bonds is 6. The van der Waals surface area contributed by atoms with Crippen molar-refractivity contribution in [3.05, 3.63) is 40.1 Å². The van der Waals surface area contributed by atoms with Crippen LogP contribution >= 0.6 is 0 Å². The van der Waals surface area contributed by atoms with Crippen LogP contribution in [0.15, 0.2) is 17.2 Å². The molecule has 166 valence electrons.